The van der Waals surface area contributed by atoms with Crippen LogP contribution in [0.5, 0.6) is 0 Å². The SMILES string of the molecule is COCCCC(N)C(=O)Nc1ccc(Cl)c(C#N)c1. The van der Waals surface area contributed by atoms with E-state index in [1.807, 2.05) is 6.07 Å². The molecule has 0 heterocycles. The van der Waals surface area contributed by atoms with E-state index in [0.717, 1.165) is 6.42 Å². The molecule has 0 radical (unpaired) electrons. The molecule has 0 fully saturated rings. The van der Waals surface area contributed by atoms with Gasteiger partial charge in [-0.3, -0.25) is 4.79 Å². The Balaban J connectivity index is 2.59. The van der Waals surface area contributed by atoms with Crippen molar-refractivity contribution in [1.82, 2.24) is 0 Å². The Kier molecular flexibility index (Phi) is 6.30. The zero-order chi connectivity index (χ0) is 14.3. The first kappa shape index (κ1) is 15.4. The second-order valence-electron chi connectivity index (χ2n) is 4.04. The number of methoxy groups -OCH3 is 1. The average Bonchev–Trinajstić information content (AvgIpc) is 2.41. The number of carbonyl (C=O) groups excluding carboxylic acids is 1. The molecule has 0 spiro atoms. The molecule has 102 valence electrons. The first-order valence-electron chi connectivity index (χ1n) is 5.83. The third-order valence-corrected chi connectivity index (χ3v) is 2.88. The molecule has 5 nitrogen and oxygen atoms in total. The van der Waals surface area contributed by atoms with Crippen molar-refractivity contribution in [3.63, 3.8) is 0 Å². The maximum atomic E-state index is 11.8. The highest BCUT2D eigenvalue weighted by Crippen LogP contribution is 2.19. The van der Waals surface area contributed by atoms with Crippen molar-refractivity contribution in [1.29, 1.82) is 5.26 Å². The van der Waals surface area contributed by atoms with Crippen molar-refractivity contribution in [2.75, 3.05) is 19.0 Å². The van der Waals surface area contributed by atoms with Crippen LogP contribution >= 0.6 is 11.6 Å². The Labute approximate surface area is 117 Å². The Morgan fingerprint density at radius 3 is 3.00 bits per heavy atom. The zero-order valence-electron chi connectivity index (χ0n) is 10.6. The minimum Gasteiger partial charge on any atom is -0.385 e. The molecule has 0 aliphatic rings. The molecule has 1 atom stereocenters. The van der Waals surface area contributed by atoms with Gasteiger partial charge in [-0.05, 0) is 31.0 Å². The molecule has 0 aliphatic heterocycles. The summed E-state index contributed by atoms with van der Waals surface area (Å²) in [5.74, 6) is -0.290. The van der Waals surface area contributed by atoms with Gasteiger partial charge in [-0.1, -0.05) is 11.6 Å². The summed E-state index contributed by atoms with van der Waals surface area (Å²) in [5.41, 5.74) is 6.57. The molecule has 0 aromatic heterocycles. The highest BCUT2D eigenvalue weighted by Gasteiger charge is 2.13. The standard InChI is InChI=1S/C13H16ClN3O2/c1-19-6-2-3-12(16)13(18)17-10-4-5-11(14)9(7-10)8-15/h4-5,7,12H,2-3,6,16H2,1H3,(H,17,18). The summed E-state index contributed by atoms with van der Waals surface area (Å²) in [6, 6.07) is 6.05. The molecule has 1 aromatic carbocycles. The van der Waals surface area contributed by atoms with E-state index >= 15 is 0 Å². The molecule has 1 aromatic rings. The summed E-state index contributed by atoms with van der Waals surface area (Å²) >= 11 is 5.81. The van der Waals surface area contributed by atoms with Gasteiger partial charge in [0.25, 0.3) is 0 Å². The summed E-state index contributed by atoms with van der Waals surface area (Å²) in [6.07, 6.45) is 1.26. The summed E-state index contributed by atoms with van der Waals surface area (Å²) in [4.78, 5) is 11.8. The van der Waals surface area contributed by atoms with Gasteiger partial charge in [0.2, 0.25) is 5.91 Å². The van der Waals surface area contributed by atoms with Crippen LogP contribution in [0, 0.1) is 11.3 Å². The van der Waals surface area contributed by atoms with Crippen molar-refractivity contribution >= 4 is 23.2 Å². The average molecular weight is 282 g/mol. The van der Waals surface area contributed by atoms with E-state index < -0.39 is 6.04 Å². The molecule has 0 saturated heterocycles. The predicted molar refractivity (Wildman–Crippen MR) is 73.9 cm³/mol. The van der Waals surface area contributed by atoms with Crippen LogP contribution in [0.15, 0.2) is 18.2 Å². The molecule has 6 heteroatoms. The molecule has 1 amide bonds. The first-order chi connectivity index (χ1) is 9.08. The third kappa shape index (κ3) is 4.87. The van der Waals surface area contributed by atoms with Gasteiger partial charge in [0, 0.05) is 19.4 Å². The molecule has 1 rings (SSSR count). The summed E-state index contributed by atoms with van der Waals surface area (Å²) in [6.45, 7) is 0.570. The third-order valence-electron chi connectivity index (χ3n) is 2.55. The number of nitriles is 1. The summed E-state index contributed by atoms with van der Waals surface area (Å²) in [5, 5.41) is 11.9. The van der Waals surface area contributed by atoms with Crippen LogP contribution in [0.25, 0.3) is 0 Å². The number of anilines is 1. The minimum absolute atomic E-state index is 0.290. The predicted octanol–water partition coefficient (Wildman–Crippen LogP) is 1.90. The summed E-state index contributed by atoms with van der Waals surface area (Å²) < 4.78 is 4.90. The Bertz CT molecular complexity index is 485. The Morgan fingerprint density at radius 2 is 2.37 bits per heavy atom. The van der Waals surface area contributed by atoms with Gasteiger partial charge in [-0.15, -0.1) is 0 Å². The van der Waals surface area contributed by atoms with Crippen LogP contribution in [-0.2, 0) is 9.53 Å². The van der Waals surface area contributed by atoms with Crippen molar-refractivity contribution in [2.45, 2.75) is 18.9 Å². The maximum absolute atomic E-state index is 11.8. The minimum atomic E-state index is -0.601. The monoisotopic (exact) mass is 281 g/mol. The highest BCUT2D eigenvalue weighted by atomic mass is 35.5. The van der Waals surface area contributed by atoms with Crippen LogP contribution in [0.2, 0.25) is 5.02 Å². The normalized spacial score (nSPS) is 11.7. The topological polar surface area (TPSA) is 88.1 Å². The van der Waals surface area contributed by atoms with Crippen LogP contribution < -0.4 is 11.1 Å². The van der Waals surface area contributed by atoms with Crippen molar-refractivity contribution in [3.05, 3.63) is 28.8 Å². The number of rotatable bonds is 6. The van der Waals surface area contributed by atoms with Crippen LogP contribution in [0.1, 0.15) is 18.4 Å². The highest BCUT2D eigenvalue weighted by molar-refractivity contribution is 6.31. The Hall–Kier alpha value is -1.61. The fraction of sp³-hybridized carbons (Fsp3) is 0.385. The lowest BCUT2D eigenvalue weighted by atomic mass is 10.1. The second-order valence-corrected chi connectivity index (χ2v) is 4.44. The van der Waals surface area contributed by atoms with E-state index in [9.17, 15) is 4.79 Å². The number of nitrogens with two attached hydrogens (primary N) is 1. The quantitative estimate of drug-likeness (QED) is 0.780. The van der Waals surface area contributed by atoms with E-state index in [2.05, 4.69) is 5.32 Å². The van der Waals surface area contributed by atoms with Crippen molar-refractivity contribution in [3.8, 4) is 6.07 Å². The molecular weight excluding hydrogens is 266 g/mol. The number of halogens is 1. The van der Waals surface area contributed by atoms with Crippen molar-refractivity contribution in [2.24, 2.45) is 5.73 Å². The number of amides is 1. The number of nitrogens with zero attached hydrogens (tertiary/aromatic N) is 1. The molecule has 3 N–H and O–H groups in total. The van der Waals surface area contributed by atoms with E-state index in [1.54, 1.807) is 19.2 Å². The smallest absolute Gasteiger partial charge is 0.241 e. The second kappa shape index (κ2) is 7.74. The van der Waals surface area contributed by atoms with E-state index in [-0.39, 0.29) is 5.91 Å². The van der Waals surface area contributed by atoms with E-state index in [1.165, 1.54) is 6.07 Å². The number of hydrogen-bond acceptors (Lipinski definition) is 4. The number of benzene rings is 1. The molecule has 1 unspecified atom stereocenters. The van der Waals surface area contributed by atoms with Crippen molar-refractivity contribution < 1.29 is 9.53 Å². The van der Waals surface area contributed by atoms with Gasteiger partial charge in [0.05, 0.1) is 16.6 Å². The fourth-order valence-corrected chi connectivity index (χ4v) is 1.66. The largest absolute Gasteiger partial charge is 0.385 e. The fourth-order valence-electron chi connectivity index (χ4n) is 1.50. The molecule has 0 bridgehead atoms. The van der Waals surface area contributed by atoms with Gasteiger partial charge in [-0.2, -0.15) is 5.26 Å². The molecule has 0 aliphatic carbocycles. The zero-order valence-corrected chi connectivity index (χ0v) is 11.4. The van der Waals surface area contributed by atoms with Gasteiger partial charge < -0.3 is 15.8 Å². The Morgan fingerprint density at radius 1 is 1.63 bits per heavy atom. The molecular formula is C13H16ClN3O2. The van der Waals surface area contributed by atoms with Gasteiger partial charge in [0.15, 0.2) is 0 Å². The van der Waals surface area contributed by atoms with E-state index in [4.69, 9.17) is 27.3 Å². The van der Waals surface area contributed by atoms with Gasteiger partial charge >= 0.3 is 0 Å². The van der Waals surface area contributed by atoms with Crippen LogP contribution in [0.4, 0.5) is 5.69 Å². The van der Waals surface area contributed by atoms with Crippen LogP contribution in [0.3, 0.4) is 0 Å². The van der Waals surface area contributed by atoms with Gasteiger partial charge in [0.1, 0.15) is 6.07 Å². The lowest BCUT2D eigenvalue weighted by Crippen LogP contribution is -2.35. The lowest BCUT2D eigenvalue weighted by molar-refractivity contribution is -0.117. The van der Waals surface area contributed by atoms with Crippen LogP contribution in [-0.4, -0.2) is 25.7 Å². The number of ether oxygens (including phenoxy) is 1. The maximum Gasteiger partial charge on any atom is 0.241 e. The first-order valence-corrected chi connectivity index (χ1v) is 6.21. The number of hydrogen-bond donors (Lipinski definition) is 2. The number of carbonyl (C=O) groups is 1. The van der Waals surface area contributed by atoms with E-state index in [0.29, 0.717) is 29.3 Å². The van der Waals surface area contributed by atoms with Gasteiger partial charge in [-0.25, -0.2) is 0 Å². The molecule has 0 saturated carbocycles. The summed E-state index contributed by atoms with van der Waals surface area (Å²) in [7, 11) is 1.60. The lowest BCUT2D eigenvalue weighted by Gasteiger charge is -2.12. The molecule has 19 heavy (non-hydrogen) atoms. The number of nitrogens with one attached hydrogen (secondary N) is 1.